The summed E-state index contributed by atoms with van der Waals surface area (Å²) in [6, 6.07) is 6.98. The van der Waals surface area contributed by atoms with E-state index in [-0.39, 0.29) is 0 Å². The minimum absolute atomic E-state index is 0.383. The van der Waals surface area contributed by atoms with E-state index in [4.69, 9.17) is 5.73 Å². The van der Waals surface area contributed by atoms with Gasteiger partial charge in [0, 0.05) is 21.0 Å². The van der Waals surface area contributed by atoms with Crippen LogP contribution in [0, 0.1) is 0 Å². The second kappa shape index (κ2) is 4.21. The number of benzene rings is 1. The summed E-state index contributed by atoms with van der Waals surface area (Å²) in [5.74, 6) is 0. The van der Waals surface area contributed by atoms with Crippen molar-refractivity contribution in [2.45, 2.75) is 24.9 Å². The average molecular weight is 320 g/mol. The predicted octanol–water partition coefficient (Wildman–Crippen LogP) is 3.11. The molecule has 1 saturated carbocycles. The fraction of sp³-hybridized carbons (Fsp3) is 0.400. The Balaban J connectivity index is 2.09. The van der Waals surface area contributed by atoms with Crippen molar-refractivity contribution < 1.29 is 0 Å². The van der Waals surface area contributed by atoms with Crippen LogP contribution in [0.4, 0.5) is 5.69 Å². The summed E-state index contributed by atoms with van der Waals surface area (Å²) in [5, 5.41) is 3.47. The van der Waals surface area contributed by atoms with Gasteiger partial charge in [0.2, 0.25) is 0 Å². The van der Waals surface area contributed by atoms with Gasteiger partial charge in [-0.05, 0) is 56.8 Å². The van der Waals surface area contributed by atoms with Crippen LogP contribution in [0.1, 0.15) is 12.8 Å². The Labute approximate surface area is 101 Å². The van der Waals surface area contributed by atoms with E-state index in [2.05, 4.69) is 37.2 Å². The van der Waals surface area contributed by atoms with Gasteiger partial charge in [-0.15, -0.1) is 0 Å². The maximum absolute atomic E-state index is 5.74. The van der Waals surface area contributed by atoms with E-state index in [0.717, 1.165) is 27.5 Å². The van der Waals surface area contributed by atoms with Crippen molar-refractivity contribution in [1.82, 2.24) is 0 Å². The molecule has 0 heterocycles. The molecule has 0 unspecified atom stereocenters. The molecular formula is C10H12Br2N2. The normalized spacial score (nSPS) is 25.6. The van der Waals surface area contributed by atoms with E-state index < -0.39 is 0 Å². The highest BCUT2D eigenvalue weighted by Gasteiger charge is 2.26. The zero-order valence-electron chi connectivity index (χ0n) is 7.63. The molecule has 1 aromatic rings. The van der Waals surface area contributed by atoms with Gasteiger partial charge in [0.1, 0.15) is 0 Å². The Kier molecular flexibility index (Phi) is 3.14. The summed E-state index contributed by atoms with van der Waals surface area (Å²) in [4.78, 5) is 0. The molecule has 1 aliphatic carbocycles. The van der Waals surface area contributed by atoms with Crippen LogP contribution in [0.2, 0.25) is 0 Å². The van der Waals surface area contributed by atoms with Crippen molar-refractivity contribution in [2.24, 2.45) is 5.73 Å². The molecular weight excluding hydrogens is 308 g/mol. The molecule has 76 valence electrons. The number of para-hydroxylation sites is 1. The summed E-state index contributed by atoms with van der Waals surface area (Å²) in [7, 11) is 0. The van der Waals surface area contributed by atoms with Gasteiger partial charge in [-0.25, -0.2) is 0 Å². The lowest BCUT2D eigenvalue weighted by atomic mass is 9.87. The number of nitrogens with two attached hydrogens (primary N) is 1. The molecule has 4 heteroatoms. The highest BCUT2D eigenvalue weighted by Crippen LogP contribution is 2.33. The molecule has 2 rings (SSSR count). The van der Waals surface area contributed by atoms with Gasteiger partial charge in [0.15, 0.2) is 0 Å². The van der Waals surface area contributed by atoms with Gasteiger partial charge in [-0.1, -0.05) is 6.07 Å². The van der Waals surface area contributed by atoms with Crippen molar-refractivity contribution in [3.63, 3.8) is 0 Å². The molecule has 0 aromatic heterocycles. The first kappa shape index (κ1) is 10.5. The van der Waals surface area contributed by atoms with Crippen LogP contribution >= 0.6 is 31.9 Å². The van der Waals surface area contributed by atoms with Gasteiger partial charge < -0.3 is 11.1 Å². The molecule has 1 aliphatic rings. The minimum atomic E-state index is 0.383. The molecule has 0 radical (unpaired) electrons. The number of rotatable bonds is 2. The van der Waals surface area contributed by atoms with Crippen LogP contribution in [0.3, 0.4) is 0 Å². The average Bonchev–Trinajstić information content (AvgIpc) is 2.08. The molecule has 0 saturated heterocycles. The predicted molar refractivity (Wildman–Crippen MR) is 66.5 cm³/mol. The first-order valence-corrected chi connectivity index (χ1v) is 6.21. The summed E-state index contributed by atoms with van der Waals surface area (Å²) >= 11 is 7.04. The molecule has 0 atom stereocenters. The van der Waals surface area contributed by atoms with Gasteiger partial charge in [0.05, 0.1) is 5.69 Å². The third-order valence-corrected chi connectivity index (χ3v) is 3.81. The fourth-order valence-corrected chi connectivity index (χ4v) is 2.85. The zero-order valence-corrected chi connectivity index (χ0v) is 10.8. The first-order chi connectivity index (χ1) is 6.66. The molecule has 1 aromatic carbocycles. The number of halogens is 2. The molecule has 2 nitrogen and oxygen atoms in total. The molecule has 1 fully saturated rings. The molecule has 3 N–H and O–H groups in total. The second-order valence-corrected chi connectivity index (χ2v) is 5.38. The summed E-state index contributed by atoms with van der Waals surface area (Å²) in [6.07, 6.45) is 2.13. The third-order valence-electron chi connectivity index (χ3n) is 2.49. The lowest BCUT2D eigenvalue weighted by Gasteiger charge is -2.34. The Hall–Kier alpha value is -0.0600. The highest BCUT2D eigenvalue weighted by atomic mass is 79.9. The number of anilines is 1. The summed E-state index contributed by atoms with van der Waals surface area (Å²) in [5.41, 5.74) is 6.86. The Bertz CT molecular complexity index is 315. The van der Waals surface area contributed by atoms with Gasteiger partial charge in [0.25, 0.3) is 0 Å². The van der Waals surface area contributed by atoms with Crippen molar-refractivity contribution in [3.8, 4) is 0 Å². The monoisotopic (exact) mass is 318 g/mol. The van der Waals surface area contributed by atoms with Crippen molar-refractivity contribution in [3.05, 3.63) is 27.1 Å². The Morgan fingerprint density at radius 2 is 1.79 bits per heavy atom. The Morgan fingerprint density at radius 3 is 2.29 bits per heavy atom. The smallest absolute Gasteiger partial charge is 0.0631 e. The van der Waals surface area contributed by atoms with Gasteiger partial charge >= 0.3 is 0 Å². The van der Waals surface area contributed by atoms with Crippen molar-refractivity contribution in [1.29, 1.82) is 0 Å². The fourth-order valence-electron chi connectivity index (χ4n) is 1.62. The zero-order chi connectivity index (χ0) is 10.1. The third kappa shape index (κ3) is 2.12. The van der Waals surface area contributed by atoms with Crippen molar-refractivity contribution >= 4 is 37.5 Å². The lowest BCUT2D eigenvalue weighted by Crippen LogP contribution is -2.44. The van der Waals surface area contributed by atoms with Crippen LogP contribution in [-0.4, -0.2) is 12.1 Å². The quantitative estimate of drug-likeness (QED) is 0.879. The van der Waals surface area contributed by atoms with Gasteiger partial charge in [-0.3, -0.25) is 0 Å². The number of hydrogen-bond acceptors (Lipinski definition) is 2. The van der Waals surface area contributed by atoms with Crippen LogP contribution < -0.4 is 11.1 Å². The standard InChI is InChI=1S/C10H12Br2N2/c11-8-2-1-3-9(12)10(8)14-7-4-6(13)5-7/h1-3,6-7,14H,4-5,13H2. The summed E-state index contributed by atoms with van der Waals surface area (Å²) < 4.78 is 2.18. The van der Waals surface area contributed by atoms with Crippen LogP contribution in [0.25, 0.3) is 0 Å². The molecule has 0 aliphatic heterocycles. The van der Waals surface area contributed by atoms with Crippen molar-refractivity contribution in [2.75, 3.05) is 5.32 Å². The van der Waals surface area contributed by atoms with Crippen LogP contribution in [-0.2, 0) is 0 Å². The molecule has 0 bridgehead atoms. The minimum Gasteiger partial charge on any atom is -0.380 e. The maximum Gasteiger partial charge on any atom is 0.0631 e. The molecule has 14 heavy (non-hydrogen) atoms. The van der Waals surface area contributed by atoms with E-state index in [1.807, 2.05) is 18.2 Å². The summed E-state index contributed by atoms with van der Waals surface area (Å²) in [6.45, 7) is 0. The lowest BCUT2D eigenvalue weighted by molar-refractivity contribution is 0.373. The SMILES string of the molecule is NC1CC(Nc2c(Br)cccc2Br)C1. The number of nitrogens with one attached hydrogen (secondary N) is 1. The van der Waals surface area contributed by atoms with Crippen LogP contribution in [0.5, 0.6) is 0 Å². The van der Waals surface area contributed by atoms with Gasteiger partial charge in [-0.2, -0.15) is 0 Å². The van der Waals surface area contributed by atoms with Crippen LogP contribution in [0.15, 0.2) is 27.1 Å². The molecule has 0 amide bonds. The van der Waals surface area contributed by atoms with E-state index >= 15 is 0 Å². The maximum atomic E-state index is 5.74. The van der Waals surface area contributed by atoms with E-state index in [1.165, 1.54) is 0 Å². The largest absolute Gasteiger partial charge is 0.380 e. The second-order valence-electron chi connectivity index (χ2n) is 3.67. The van der Waals surface area contributed by atoms with E-state index in [1.54, 1.807) is 0 Å². The highest BCUT2D eigenvalue weighted by molar-refractivity contribution is 9.11. The topological polar surface area (TPSA) is 38.0 Å². The number of hydrogen-bond donors (Lipinski definition) is 2. The molecule has 0 spiro atoms. The first-order valence-electron chi connectivity index (χ1n) is 4.63. The van der Waals surface area contributed by atoms with E-state index in [9.17, 15) is 0 Å². The van der Waals surface area contributed by atoms with E-state index in [0.29, 0.717) is 12.1 Å². The Morgan fingerprint density at radius 1 is 1.21 bits per heavy atom.